The number of carbonyl (C=O) groups is 2. The number of carbonyl (C=O) groups excluding carboxylic acids is 2. The van der Waals surface area contributed by atoms with Crippen molar-refractivity contribution < 1.29 is 23.8 Å². The molecular weight excluding hydrogens is 413 g/mol. The zero-order valence-electron chi connectivity index (χ0n) is 17.7. The third-order valence-electron chi connectivity index (χ3n) is 5.79. The monoisotopic (exact) mass is 437 g/mol. The van der Waals surface area contributed by atoms with E-state index in [0.29, 0.717) is 11.8 Å². The van der Waals surface area contributed by atoms with E-state index in [1.54, 1.807) is 24.4 Å². The summed E-state index contributed by atoms with van der Waals surface area (Å²) in [6.45, 7) is 0. The molecule has 32 heavy (non-hydrogen) atoms. The number of hydrogen-bond acceptors (Lipinski definition) is 6. The minimum Gasteiger partial charge on any atom is -0.504 e. The van der Waals surface area contributed by atoms with Crippen LogP contribution in [0.4, 0.5) is 10.2 Å². The smallest absolute Gasteiger partial charge is 0.360 e. The van der Waals surface area contributed by atoms with Crippen molar-refractivity contribution in [1.82, 2.24) is 9.97 Å². The molecule has 0 unspecified atom stereocenters. The number of esters is 1. The van der Waals surface area contributed by atoms with Crippen LogP contribution in [0.2, 0.25) is 0 Å². The van der Waals surface area contributed by atoms with Gasteiger partial charge in [0.2, 0.25) is 5.91 Å². The highest BCUT2D eigenvalue weighted by Gasteiger charge is 2.25. The molecular formula is C24H24FN3O4. The molecule has 1 aromatic carbocycles. The third kappa shape index (κ3) is 4.54. The van der Waals surface area contributed by atoms with Gasteiger partial charge in [0, 0.05) is 17.5 Å². The number of benzene rings is 1. The fraction of sp³-hybridized carbons (Fsp3) is 0.333. The molecule has 0 radical (unpaired) electrons. The predicted molar refractivity (Wildman–Crippen MR) is 117 cm³/mol. The molecule has 3 aromatic rings. The Morgan fingerprint density at radius 3 is 2.56 bits per heavy atom. The van der Waals surface area contributed by atoms with Crippen LogP contribution in [0.3, 0.4) is 0 Å². The van der Waals surface area contributed by atoms with Gasteiger partial charge in [-0.15, -0.1) is 0 Å². The van der Waals surface area contributed by atoms with Gasteiger partial charge in [-0.25, -0.2) is 14.2 Å². The van der Waals surface area contributed by atoms with Gasteiger partial charge >= 0.3 is 5.97 Å². The van der Waals surface area contributed by atoms with Crippen LogP contribution in [0.1, 0.15) is 53.7 Å². The van der Waals surface area contributed by atoms with E-state index in [1.807, 2.05) is 0 Å². The molecule has 1 aliphatic rings. The number of anilines is 1. The van der Waals surface area contributed by atoms with Crippen LogP contribution in [0.25, 0.3) is 10.9 Å². The topological polar surface area (TPSA) is 101 Å². The Hall–Kier alpha value is -3.55. The molecule has 0 saturated heterocycles. The quantitative estimate of drug-likeness (QED) is 0.575. The van der Waals surface area contributed by atoms with Crippen LogP contribution >= 0.6 is 0 Å². The molecule has 1 saturated carbocycles. The van der Waals surface area contributed by atoms with Gasteiger partial charge in [-0.2, -0.15) is 0 Å². The Kier molecular flexibility index (Phi) is 6.30. The lowest BCUT2D eigenvalue weighted by Crippen LogP contribution is -2.25. The largest absolute Gasteiger partial charge is 0.504 e. The summed E-state index contributed by atoms with van der Waals surface area (Å²) in [5, 5.41) is 13.8. The van der Waals surface area contributed by atoms with Gasteiger partial charge in [0.15, 0.2) is 11.4 Å². The minimum absolute atomic E-state index is 0.119. The summed E-state index contributed by atoms with van der Waals surface area (Å²) < 4.78 is 17.9. The SMILES string of the molecule is COC(=O)c1nc(NC(=O)C2CCCCC2)c2cc(Cc3ccc(F)cc3)cnc2c1O. The van der Waals surface area contributed by atoms with E-state index < -0.39 is 11.7 Å². The lowest BCUT2D eigenvalue weighted by atomic mass is 9.88. The third-order valence-corrected chi connectivity index (χ3v) is 5.79. The van der Waals surface area contributed by atoms with Crippen LogP contribution in [-0.2, 0) is 16.0 Å². The Balaban J connectivity index is 1.74. The molecule has 0 spiro atoms. The van der Waals surface area contributed by atoms with Crippen LogP contribution in [0, 0.1) is 11.7 Å². The molecule has 7 nitrogen and oxygen atoms in total. The van der Waals surface area contributed by atoms with Gasteiger partial charge in [0.25, 0.3) is 0 Å². The van der Waals surface area contributed by atoms with Crippen molar-refractivity contribution in [2.75, 3.05) is 12.4 Å². The number of fused-ring (bicyclic) bond motifs is 1. The molecule has 0 aliphatic heterocycles. The fourth-order valence-electron chi connectivity index (χ4n) is 4.07. The molecule has 2 aromatic heterocycles. The van der Waals surface area contributed by atoms with E-state index in [0.717, 1.165) is 43.2 Å². The summed E-state index contributed by atoms with van der Waals surface area (Å²) in [4.78, 5) is 33.6. The number of methoxy groups -OCH3 is 1. The first-order valence-corrected chi connectivity index (χ1v) is 10.6. The first-order chi connectivity index (χ1) is 15.5. The number of hydrogen-bond donors (Lipinski definition) is 2. The van der Waals surface area contributed by atoms with Gasteiger partial charge in [0.1, 0.15) is 17.2 Å². The number of halogens is 1. The number of nitrogens with zero attached hydrogens (tertiary/aromatic N) is 2. The van der Waals surface area contributed by atoms with E-state index in [1.165, 1.54) is 19.2 Å². The number of pyridine rings is 2. The molecule has 8 heteroatoms. The lowest BCUT2D eigenvalue weighted by Gasteiger charge is -2.21. The number of aromatic hydroxyl groups is 1. The van der Waals surface area contributed by atoms with Gasteiger partial charge in [-0.3, -0.25) is 9.78 Å². The second-order valence-electron chi connectivity index (χ2n) is 8.02. The van der Waals surface area contributed by atoms with Crippen molar-refractivity contribution >= 4 is 28.6 Å². The van der Waals surface area contributed by atoms with E-state index in [9.17, 15) is 19.1 Å². The van der Waals surface area contributed by atoms with Crippen molar-refractivity contribution in [1.29, 1.82) is 0 Å². The first-order valence-electron chi connectivity index (χ1n) is 10.6. The number of amides is 1. The summed E-state index contributed by atoms with van der Waals surface area (Å²) in [5.41, 5.74) is 1.49. The Bertz CT molecular complexity index is 1160. The van der Waals surface area contributed by atoms with Crippen LogP contribution in [0.5, 0.6) is 5.75 Å². The molecule has 1 amide bonds. The lowest BCUT2D eigenvalue weighted by molar-refractivity contribution is -0.120. The Morgan fingerprint density at radius 1 is 1.16 bits per heavy atom. The van der Waals surface area contributed by atoms with Gasteiger partial charge in [0.05, 0.1) is 7.11 Å². The first kappa shape index (κ1) is 21.7. The number of nitrogens with one attached hydrogen (secondary N) is 1. The number of rotatable bonds is 5. The van der Waals surface area contributed by atoms with Gasteiger partial charge < -0.3 is 15.2 Å². The minimum atomic E-state index is -0.824. The predicted octanol–water partition coefficient (Wildman–Crippen LogP) is 4.37. The van der Waals surface area contributed by atoms with Gasteiger partial charge in [-0.1, -0.05) is 31.4 Å². The summed E-state index contributed by atoms with van der Waals surface area (Å²) in [5.74, 6) is -1.68. The molecule has 2 heterocycles. The summed E-state index contributed by atoms with van der Waals surface area (Å²) in [6.07, 6.45) is 6.77. The molecule has 1 aliphatic carbocycles. The van der Waals surface area contributed by atoms with Crippen LogP contribution in [-0.4, -0.2) is 34.1 Å². The van der Waals surface area contributed by atoms with E-state index in [4.69, 9.17) is 4.74 Å². The molecule has 166 valence electrons. The maximum Gasteiger partial charge on any atom is 0.360 e. The Labute approximate surface area is 184 Å². The van der Waals surface area contributed by atoms with E-state index in [-0.39, 0.29) is 34.7 Å². The maximum atomic E-state index is 13.2. The summed E-state index contributed by atoms with van der Waals surface area (Å²) >= 11 is 0. The fourth-order valence-corrected chi connectivity index (χ4v) is 4.07. The highest BCUT2D eigenvalue weighted by atomic mass is 19.1. The van der Waals surface area contributed by atoms with Crippen LogP contribution < -0.4 is 5.32 Å². The summed E-state index contributed by atoms with van der Waals surface area (Å²) in [7, 11) is 1.19. The number of aromatic nitrogens is 2. The van der Waals surface area contributed by atoms with Crippen LogP contribution in [0.15, 0.2) is 36.5 Å². The molecule has 0 bridgehead atoms. The maximum absolute atomic E-state index is 13.2. The second kappa shape index (κ2) is 9.30. The average molecular weight is 437 g/mol. The highest BCUT2D eigenvalue weighted by Crippen LogP contribution is 2.33. The highest BCUT2D eigenvalue weighted by molar-refractivity contribution is 6.06. The number of ether oxygens (including phenoxy) is 1. The van der Waals surface area contributed by atoms with Gasteiger partial charge in [-0.05, 0) is 48.6 Å². The second-order valence-corrected chi connectivity index (χ2v) is 8.02. The zero-order valence-corrected chi connectivity index (χ0v) is 17.7. The van der Waals surface area contributed by atoms with E-state index >= 15 is 0 Å². The standard InChI is InChI=1S/C24H24FN3O4/c1-32-24(31)20-21(29)19-18(22(27-20)28-23(30)16-5-3-2-4-6-16)12-15(13-26-19)11-14-7-9-17(25)10-8-14/h7-10,12-13,16,29H,2-6,11H2,1H3,(H,27,28,30). The molecule has 4 rings (SSSR count). The Morgan fingerprint density at radius 2 is 1.88 bits per heavy atom. The van der Waals surface area contributed by atoms with Crippen molar-refractivity contribution in [2.45, 2.75) is 38.5 Å². The molecule has 2 N–H and O–H groups in total. The normalized spacial score (nSPS) is 14.3. The summed E-state index contributed by atoms with van der Waals surface area (Å²) in [6, 6.07) is 7.89. The van der Waals surface area contributed by atoms with Crippen molar-refractivity contribution in [3.05, 3.63) is 59.2 Å². The molecule has 1 fully saturated rings. The average Bonchev–Trinajstić information content (AvgIpc) is 2.82. The van der Waals surface area contributed by atoms with Crippen molar-refractivity contribution in [2.24, 2.45) is 5.92 Å². The zero-order chi connectivity index (χ0) is 22.7. The van der Waals surface area contributed by atoms with Crippen molar-refractivity contribution in [3.63, 3.8) is 0 Å². The molecule has 0 atom stereocenters. The van der Waals surface area contributed by atoms with E-state index in [2.05, 4.69) is 15.3 Å². The van der Waals surface area contributed by atoms with Crippen molar-refractivity contribution in [3.8, 4) is 5.75 Å².